The average molecular weight is 364 g/mol. The molecule has 1 fully saturated rings. The Hall–Kier alpha value is -2.24. The first-order valence-electron chi connectivity index (χ1n) is 8.93. The summed E-state index contributed by atoms with van der Waals surface area (Å²) < 4.78 is 9.89. The van der Waals surface area contributed by atoms with Crippen LogP contribution in [-0.4, -0.2) is 36.7 Å². The number of Topliss-reactive ketones (excluding diaryl/α,β-unsaturated/α-hetero) is 2. The summed E-state index contributed by atoms with van der Waals surface area (Å²) in [6, 6.07) is 0. The maximum absolute atomic E-state index is 12.2. The number of ketones is 2. The van der Waals surface area contributed by atoms with E-state index in [1.165, 1.54) is 0 Å². The van der Waals surface area contributed by atoms with Gasteiger partial charge < -0.3 is 9.47 Å². The highest BCUT2D eigenvalue weighted by Gasteiger charge is 2.29. The van der Waals surface area contributed by atoms with Crippen LogP contribution in [0.3, 0.4) is 0 Å². The molecule has 0 amide bonds. The molecule has 0 atom stereocenters. The number of ether oxygens (including phenoxy) is 2. The number of carbonyl (C=O) groups excluding carboxylic acids is 4. The van der Waals surface area contributed by atoms with E-state index in [1.807, 2.05) is 0 Å². The topological polar surface area (TPSA) is 86.7 Å². The molecule has 6 heteroatoms. The predicted octanol–water partition coefficient (Wildman–Crippen LogP) is 2.95. The molecule has 0 saturated heterocycles. The Morgan fingerprint density at radius 1 is 0.731 bits per heavy atom. The van der Waals surface area contributed by atoms with Crippen LogP contribution in [-0.2, 0) is 28.7 Å². The summed E-state index contributed by atoms with van der Waals surface area (Å²) in [5, 5.41) is 0. The highest BCUT2D eigenvalue weighted by Crippen LogP contribution is 2.31. The lowest BCUT2D eigenvalue weighted by molar-refractivity contribution is -0.142. The SMILES string of the molecule is C=C(C)C(=O)OCCC(=O)C1CCC(C(=O)CCOC(=O)C(=C)C)CC1. The molecule has 0 spiro atoms. The minimum Gasteiger partial charge on any atom is -0.462 e. The van der Waals surface area contributed by atoms with Gasteiger partial charge in [0, 0.05) is 35.8 Å². The van der Waals surface area contributed by atoms with Gasteiger partial charge in [-0.15, -0.1) is 0 Å². The summed E-state index contributed by atoms with van der Waals surface area (Å²) in [6.07, 6.45) is 3.03. The fraction of sp³-hybridized carbons (Fsp3) is 0.600. The Kier molecular flexibility index (Phi) is 8.96. The lowest BCUT2D eigenvalue weighted by atomic mass is 9.77. The molecule has 1 rings (SSSR count). The maximum Gasteiger partial charge on any atom is 0.333 e. The van der Waals surface area contributed by atoms with E-state index in [-0.39, 0.29) is 49.5 Å². The highest BCUT2D eigenvalue weighted by molar-refractivity contribution is 5.88. The molecule has 0 unspecified atom stereocenters. The molecule has 0 aromatic carbocycles. The van der Waals surface area contributed by atoms with E-state index in [0.717, 1.165) is 0 Å². The summed E-state index contributed by atoms with van der Waals surface area (Å²) >= 11 is 0. The van der Waals surface area contributed by atoms with Crippen molar-refractivity contribution in [3.8, 4) is 0 Å². The number of hydrogen-bond donors (Lipinski definition) is 0. The molecule has 144 valence electrons. The van der Waals surface area contributed by atoms with Crippen LogP contribution in [0, 0.1) is 11.8 Å². The summed E-state index contributed by atoms with van der Waals surface area (Å²) in [6.45, 7) is 10.2. The first kappa shape index (κ1) is 21.8. The molecule has 0 heterocycles. The van der Waals surface area contributed by atoms with Crippen LogP contribution in [0.2, 0.25) is 0 Å². The smallest absolute Gasteiger partial charge is 0.333 e. The van der Waals surface area contributed by atoms with Gasteiger partial charge in [-0.25, -0.2) is 9.59 Å². The molecule has 0 aliphatic heterocycles. The van der Waals surface area contributed by atoms with Crippen molar-refractivity contribution < 1.29 is 28.7 Å². The fourth-order valence-electron chi connectivity index (χ4n) is 2.88. The third-order valence-electron chi connectivity index (χ3n) is 4.50. The molecular weight excluding hydrogens is 336 g/mol. The van der Waals surface area contributed by atoms with E-state index in [1.54, 1.807) is 13.8 Å². The van der Waals surface area contributed by atoms with Crippen LogP contribution in [0.5, 0.6) is 0 Å². The van der Waals surface area contributed by atoms with E-state index in [0.29, 0.717) is 36.8 Å². The second-order valence-corrected chi connectivity index (χ2v) is 6.81. The lowest BCUT2D eigenvalue weighted by Crippen LogP contribution is -2.27. The number of hydrogen-bond acceptors (Lipinski definition) is 6. The normalized spacial score (nSPS) is 19.3. The number of esters is 2. The minimum absolute atomic E-state index is 0.0669. The zero-order valence-electron chi connectivity index (χ0n) is 15.7. The molecule has 1 aliphatic carbocycles. The van der Waals surface area contributed by atoms with Crippen LogP contribution < -0.4 is 0 Å². The van der Waals surface area contributed by atoms with Gasteiger partial charge in [-0.1, -0.05) is 13.2 Å². The van der Waals surface area contributed by atoms with Gasteiger partial charge in [0.05, 0.1) is 13.2 Å². The third-order valence-corrected chi connectivity index (χ3v) is 4.50. The number of rotatable bonds is 10. The Morgan fingerprint density at radius 3 is 1.31 bits per heavy atom. The van der Waals surface area contributed by atoms with E-state index in [2.05, 4.69) is 13.2 Å². The highest BCUT2D eigenvalue weighted by atomic mass is 16.5. The second kappa shape index (κ2) is 10.7. The summed E-state index contributed by atoms with van der Waals surface area (Å²) in [5.74, 6) is -0.992. The molecule has 26 heavy (non-hydrogen) atoms. The van der Waals surface area contributed by atoms with Gasteiger partial charge >= 0.3 is 11.9 Å². The van der Waals surface area contributed by atoms with Crippen molar-refractivity contribution in [2.75, 3.05) is 13.2 Å². The predicted molar refractivity (Wildman–Crippen MR) is 96.2 cm³/mol. The first-order chi connectivity index (χ1) is 12.2. The molecule has 0 N–H and O–H groups in total. The Balaban J connectivity index is 2.26. The molecule has 0 bridgehead atoms. The summed E-state index contributed by atoms with van der Waals surface area (Å²) in [7, 11) is 0. The van der Waals surface area contributed by atoms with Crippen molar-refractivity contribution in [2.45, 2.75) is 52.4 Å². The average Bonchev–Trinajstić information content (AvgIpc) is 2.61. The molecular formula is C20H28O6. The van der Waals surface area contributed by atoms with Gasteiger partial charge in [0.2, 0.25) is 0 Å². The van der Waals surface area contributed by atoms with E-state index < -0.39 is 11.9 Å². The largest absolute Gasteiger partial charge is 0.462 e. The van der Waals surface area contributed by atoms with Gasteiger partial charge in [0.15, 0.2) is 0 Å². The monoisotopic (exact) mass is 364 g/mol. The van der Waals surface area contributed by atoms with Crippen LogP contribution in [0.1, 0.15) is 52.4 Å². The van der Waals surface area contributed by atoms with Gasteiger partial charge in [0.1, 0.15) is 11.6 Å². The zero-order chi connectivity index (χ0) is 19.7. The van der Waals surface area contributed by atoms with Crippen molar-refractivity contribution in [3.63, 3.8) is 0 Å². The Labute approximate surface area is 154 Å². The van der Waals surface area contributed by atoms with Crippen molar-refractivity contribution >= 4 is 23.5 Å². The van der Waals surface area contributed by atoms with Crippen molar-refractivity contribution in [1.29, 1.82) is 0 Å². The van der Waals surface area contributed by atoms with Gasteiger partial charge in [-0.05, 0) is 39.5 Å². The summed E-state index contributed by atoms with van der Waals surface area (Å²) in [5.41, 5.74) is 0.621. The molecule has 0 aromatic rings. The quantitative estimate of drug-likeness (QED) is 0.437. The van der Waals surface area contributed by atoms with Gasteiger partial charge in [-0.2, -0.15) is 0 Å². The van der Waals surface area contributed by atoms with Crippen LogP contribution >= 0.6 is 0 Å². The molecule has 0 aromatic heterocycles. The standard InChI is InChI=1S/C20H28O6/c1-13(2)19(23)25-11-9-17(21)15-5-7-16(8-6-15)18(22)10-12-26-20(24)14(3)4/h15-16H,1,3,5-12H2,2,4H3. The minimum atomic E-state index is -0.487. The summed E-state index contributed by atoms with van der Waals surface area (Å²) in [4.78, 5) is 46.9. The Morgan fingerprint density at radius 2 is 1.04 bits per heavy atom. The van der Waals surface area contributed by atoms with E-state index >= 15 is 0 Å². The molecule has 1 aliphatic rings. The fourth-order valence-corrected chi connectivity index (χ4v) is 2.88. The number of carbonyl (C=O) groups is 4. The van der Waals surface area contributed by atoms with Crippen molar-refractivity contribution in [1.82, 2.24) is 0 Å². The van der Waals surface area contributed by atoms with Gasteiger partial charge in [0.25, 0.3) is 0 Å². The lowest BCUT2D eigenvalue weighted by Gasteiger charge is -2.26. The Bertz CT molecular complexity index is 529. The van der Waals surface area contributed by atoms with Crippen LogP contribution in [0.15, 0.2) is 24.3 Å². The maximum atomic E-state index is 12.2. The van der Waals surface area contributed by atoms with E-state index in [9.17, 15) is 19.2 Å². The van der Waals surface area contributed by atoms with Crippen LogP contribution in [0.4, 0.5) is 0 Å². The third kappa shape index (κ3) is 7.33. The molecule has 6 nitrogen and oxygen atoms in total. The van der Waals surface area contributed by atoms with Gasteiger partial charge in [-0.3, -0.25) is 9.59 Å². The molecule has 0 radical (unpaired) electrons. The second-order valence-electron chi connectivity index (χ2n) is 6.81. The zero-order valence-corrected chi connectivity index (χ0v) is 15.7. The molecule has 1 saturated carbocycles. The van der Waals surface area contributed by atoms with E-state index in [4.69, 9.17) is 9.47 Å². The van der Waals surface area contributed by atoms with Crippen LogP contribution in [0.25, 0.3) is 0 Å². The van der Waals surface area contributed by atoms with Crippen molar-refractivity contribution in [2.24, 2.45) is 11.8 Å². The van der Waals surface area contributed by atoms with Crippen molar-refractivity contribution in [3.05, 3.63) is 24.3 Å². The first-order valence-corrected chi connectivity index (χ1v) is 8.93.